The van der Waals surface area contributed by atoms with E-state index in [0.29, 0.717) is 28.6 Å². The summed E-state index contributed by atoms with van der Waals surface area (Å²) in [6.07, 6.45) is 24.1. The number of ether oxygens (including phenoxy) is 6. The van der Waals surface area contributed by atoms with Crippen LogP contribution in [0.1, 0.15) is 167 Å². The van der Waals surface area contributed by atoms with Gasteiger partial charge in [-0.2, -0.15) is 0 Å². The topological polar surface area (TPSA) is 227 Å². The number of esters is 3. The second kappa shape index (κ2) is 48.0. The minimum atomic E-state index is -0.793. The van der Waals surface area contributed by atoms with Gasteiger partial charge in [0.2, 0.25) is 0 Å². The van der Waals surface area contributed by atoms with Gasteiger partial charge in [-0.25, -0.2) is 24.6 Å². The number of aromatic nitrogens is 2. The fourth-order valence-electron chi connectivity index (χ4n) is 18.6. The van der Waals surface area contributed by atoms with E-state index in [0.717, 1.165) is 109 Å². The second-order valence-electron chi connectivity index (χ2n) is 35.3. The van der Waals surface area contributed by atoms with Crippen molar-refractivity contribution < 1.29 is 66.8 Å². The normalized spacial score (nSPS) is 12.8. The van der Waals surface area contributed by atoms with E-state index in [2.05, 4.69) is 324 Å². The molecule has 17 aromatic rings. The summed E-state index contributed by atoms with van der Waals surface area (Å²) < 4.78 is 31.2. The number of carbonyl (C=O) groups is 8. The number of methoxy groups -OCH3 is 1. The molecule has 15 aromatic carbocycles. The molecule has 0 saturated heterocycles. The molecule has 736 valence electrons. The molecule has 0 atom stereocenters. The van der Waals surface area contributed by atoms with Crippen molar-refractivity contribution in [3.8, 4) is 34.1 Å². The Morgan fingerprint density at radius 3 is 0.926 bits per heavy atom. The van der Waals surface area contributed by atoms with Gasteiger partial charge in [0, 0.05) is 73.2 Å². The van der Waals surface area contributed by atoms with E-state index >= 15 is 0 Å². The number of rotatable bonds is 30. The third-order valence-corrected chi connectivity index (χ3v) is 27.4. The van der Waals surface area contributed by atoms with Crippen molar-refractivity contribution in [2.24, 2.45) is 0 Å². The molecule has 0 N–H and O–H groups in total. The van der Waals surface area contributed by atoms with E-state index in [-0.39, 0.29) is 80.7 Å². The Labute approximate surface area is 872 Å². The van der Waals surface area contributed by atoms with E-state index in [9.17, 15) is 38.4 Å². The summed E-state index contributed by atoms with van der Waals surface area (Å²) in [6, 6.07) is 126. The number of benzene rings is 15. The third-order valence-electron chi connectivity index (χ3n) is 25.7. The fourth-order valence-corrected chi connectivity index (χ4v) is 20.2. The van der Waals surface area contributed by atoms with Crippen LogP contribution in [-0.4, -0.2) is 78.0 Å². The Morgan fingerprint density at radius 2 is 0.638 bits per heavy atom. The molecule has 19 nitrogen and oxygen atoms in total. The molecule has 1 fully saturated rings. The monoisotopic (exact) mass is 2000 g/mol. The highest BCUT2D eigenvalue weighted by atomic mass is 32.1. The molecule has 0 unspecified atom stereocenters. The van der Waals surface area contributed by atoms with Gasteiger partial charge in [-0.1, -0.05) is 341 Å². The molecule has 0 bridgehead atoms. The van der Waals surface area contributed by atoms with Crippen LogP contribution in [0.4, 0.5) is 32.1 Å². The Hall–Kier alpha value is -18.2. The molecule has 1 aliphatic carbocycles. The SMILES string of the molecule is C(/C=C/c1ccc(N(c2ccc(/C=C/C=C(c3ccccc3)c3ccccc3)cc2)c2ccc(/C=C/C=C(c3ccccc3)c3ccccc3)cc2)cc1)=C(c1ccccc1)c1ccccc1.CCOC(=O)Cc1csc(N2C(=O)c3ccc4c5c(ccc(c35)C2=O)C(=O)N(c2nc(CC(=O)OCC)cs2)C4=O)n1.COc1ccc(-c2ccc(OC(=O)Oc3ccc(C4(c5ccc(OC(C)=O)cc5)CCCCC4)cc3)cc2)cc1. The van der Waals surface area contributed by atoms with Gasteiger partial charge < -0.3 is 33.3 Å². The largest absolute Gasteiger partial charge is 0.519 e. The van der Waals surface area contributed by atoms with Gasteiger partial charge in [-0.15, -0.1) is 22.7 Å². The van der Waals surface area contributed by atoms with Gasteiger partial charge in [-0.05, 0) is 225 Å². The highest BCUT2D eigenvalue weighted by molar-refractivity contribution is 7.14. The second-order valence-corrected chi connectivity index (χ2v) is 37.0. The molecule has 20 rings (SSSR count). The maximum atomic E-state index is 13.6. The first-order valence-electron chi connectivity index (χ1n) is 49.1. The number of anilines is 5. The molecule has 4 heterocycles. The summed E-state index contributed by atoms with van der Waals surface area (Å²) in [6.45, 7) is 5.20. The van der Waals surface area contributed by atoms with Crippen molar-refractivity contribution in [3.63, 3.8) is 0 Å². The highest BCUT2D eigenvalue weighted by Crippen LogP contribution is 2.48. The van der Waals surface area contributed by atoms with Crippen LogP contribution in [0.2, 0.25) is 0 Å². The van der Waals surface area contributed by atoms with Gasteiger partial charge in [0.05, 0.1) is 44.6 Å². The standard InChI is InChI=1S/C66H51N.C34H32O6.C28H20N4O8S2/c1-7-25-55(26-8-1)64(56-27-9-2-10-28-56)37-19-22-52-40-46-61(47-41-52)67(62-48-42-53(43-49-62)23-20-38-65(57-29-11-3-12-30-57)58-31-13-4-14-32-58)63-50-44-54(45-51-63)24-21-39-66(59-33-15-5-16-34-59)60-35-17-6-18-36-60;1-24(35)38-30-18-10-27(11-19-30)34(22-4-3-5-23-34)28-12-20-32(21-13-28)40-33(36)39-31-16-8-26(9-17-31)25-6-14-29(37-2)15-7-25;1-3-39-19(33)9-13-11-41-27(29-13)31-23(35)15-5-7-17-22-18(8-6-16(21(15)22)24(31)36)26(38)32(25(17)37)28-30-14(12-42-28)10-20(34)40-4-2/h1-51H;6-21H,3-5,22-23H2,1-2H3;5-8,11-12H,3-4,9-10H2,1-2H3/b22-19+,23-20+,24-21+;;. The fraction of sp³-hybridized carbons (Fsp3) is 0.109. The first kappa shape index (κ1) is 101. The van der Waals surface area contributed by atoms with Crippen molar-refractivity contribution in [3.05, 3.63) is 518 Å². The predicted molar refractivity (Wildman–Crippen MR) is 592 cm³/mol. The summed E-state index contributed by atoms with van der Waals surface area (Å²) in [5.74, 6) is -1.81. The van der Waals surface area contributed by atoms with Crippen molar-refractivity contribution in [1.29, 1.82) is 0 Å². The van der Waals surface area contributed by atoms with Crippen LogP contribution in [0.25, 0.3) is 56.8 Å². The predicted octanol–water partition coefficient (Wildman–Crippen LogP) is 29.3. The maximum absolute atomic E-state index is 13.6. The lowest BCUT2D eigenvalue weighted by Crippen LogP contribution is -2.43. The highest BCUT2D eigenvalue weighted by Gasteiger charge is 2.43. The molecule has 0 radical (unpaired) electrons. The number of allylic oxidation sites excluding steroid dienone is 6. The minimum absolute atomic E-state index is 0.0871. The van der Waals surface area contributed by atoms with Gasteiger partial charge in [0.15, 0.2) is 10.3 Å². The molecular weight excluding hydrogens is 1900 g/mol. The number of imide groups is 2. The zero-order valence-electron chi connectivity index (χ0n) is 82.3. The van der Waals surface area contributed by atoms with E-state index in [1.165, 1.54) is 98.8 Å². The third kappa shape index (κ3) is 24.2. The van der Waals surface area contributed by atoms with Crippen LogP contribution in [0.5, 0.6) is 23.0 Å². The minimum Gasteiger partial charge on any atom is -0.497 e. The summed E-state index contributed by atoms with van der Waals surface area (Å²) in [4.78, 5) is 115. The Bertz CT molecular complexity index is 7190. The van der Waals surface area contributed by atoms with Crippen molar-refractivity contribution in [2.45, 2.75) is 71.1 Å². The number of hydrogen-bond donors (Lipinski definition) is 0. The van der Waals surface area contributed by atoms with Crippen LogP contribution >= 0.6 is 22.7 Å². The smallest absolute Gasteiger partial charge is 0.497 e. The first-order chi connectivity index (χ1) is 72.9. The lowest BCUT2D eigenvalue weighted by molar-refractivity contribution is -0.143. The number of thiazole rings is 2. The molecule has 21 heteroatoms. The van der Waals surface area contributed by atoms with Gasteiger partial charge in [0.25, 0.3) is 23.6 Å². The lowest BCUT2D eigenvalue weighted by atomic mass is 9.65. The van der Waals surface area contributed by atoms with E-state index < -0.39 is 41.7 Å². The van der Waals surface area contributed by atoms with Crippen molar-refractivity contribution >= 4 is 143 Å². The van der Waals surface area contributed by atoms with Crippen LogP contribution in [0, 0.1) is 0 Å². The van der Waals surface area contributed by atoms with Crippen LogP contribution in [0.3, 0.4) is 0 Å². The Balaban J connectivity index is 0.000000154. The van der Waals surface area contributed by atoms with Gasteiger partial charge >= 0.3 is 24.1 Å². The number of hydrogen-bond acceptors (Lipinski definition) is 19. The van der Waals surface area contributed by atoms with Crippen LogP contribution < -0.4 is 33.6 Å². The van der Waals surface area contributed by atoms with Crippen LogP contribution in [-0.2, 0) is 42.1 Å². The number of nitrogens with zero attached hydrogens (tertiary/aromatic N) is 5. The molecule has 0 spiro atoms. The summed E-state index contributed by atoms with van der Waals surface area (Å²) in [5.41, 5.74) is 22.8. The van der Waals surface area contributed by atoms with Crippen molar-refractivity contribution in [2.75, 3.05) is 35.0 Å². The Kier molecular flexibility index (Phi) is 32.5. The zero-order valence-corrected chi connectivity index (χ0v) is 83.9. The van der Waals surface area contributed by atoms with Crippen LogP contribution in [0.15, 0.2) is 423 Å². The first-order valence-corrected chi connectivity index (χ1v) is 50.9. The summed E-state index contributed by atoms with van der Waals surface area (Å²) >= 11 is 2.06. The number of amides is 4. The van der Waals surface area contributed by atoms with Gasteiger partial charge in [0.1, 0.15) is 23.0 Å². The quantitative estimate of drug-likeness (QED) is 0.0134. The summed E-state index contributed by atoms with van der Waals surface area (Å²) in [5, 5.41) is 3.75. The average Bonchev–Trinajstić information content (AvgIpc) is 1.47. The molecule has 2 aromatic heterocycles. The maximum Gasteiger partial charge on any atom is 0.519 e. The van der Waals surface area contributed by atoms with Crippen molar-refractivity contribution in [1.82, 2.24) is 9.97 Å². The van der Waals surface area contributed by atoms with E-state index in [4.69, 9.17) is 28.4 Å². The molecule has 149 heavy (non-hydrogen) atoms. The zero-order chi connectivity index (χ0) is 103. The van der Waals surface area contributed by atoms with E-state index in [1.807, 2.05) is 84.9 Å². The molecular formula is C128H103N5O14S2. The molecule has 1 saturated carbocycles. The molecule has 4 amide bonds. The molecule has 3 aliphatic rings. The number of carbonyl (C=O) groups excluding carboxylic acids is 8. The lowest BCUT2D eigenvalue weighted by Gasteiger charge is -2.38. The van der Waals surface area contributed by atoms with E-state index in [1.54, 1.807) is 43.9 Å². The average molecular weight is 2000 g/mol. The molecule has 2 aliphatic heterocycles. The summed E-state index contributed by atoms with van der Waals surface area (Å²) in [7, 11) is 1.64. The Morgan fingerprint density at radius 1 is 0.349 bits per heavy atom. The van der Waals surface area contributed by atoms with Gasteiger partial charge in [-0.3, -0.25) is 33.6 Å².